The number of sulfonamides is 1. The van der Waals surface area contributed by atoms with Crippen molar-refractivity contribution in [1.29, 1.82) is 0 Å². The van der Waals surface area contributed by atoms with Gasteiger partial charge in [-0.25, -0.2) is 17.6 Å². The summed E-state index contributed by atoms with van der Waals surface area (Å²) in [7, 11) is -1.86. The summed E-state index contributed by atoms with van der Waals surface area (Å²) in [6.07, 6.45) is 1.94. The molecule has 1 fully saturated rings. The predicted octanol–water partition coefficient (Wildman–Crippen LogP) is 6.61. The molecule has 1 saturated heterocycles. The highest BCUT2D eigenvalue weighted by Gasteiger charge is 2.33. The molecule has 5 aromatic rings. The lowest BCUT2D eigenvalue weighted by Gasteiger charge is -2.29. The number of morpholine rings is 1. The van der Waals surface area contributed by atoms with Crippen molar-refractivity contribution >= 4 is 49.3 Å². The van der Waals surface area contributed by atoms with Crippen LogP contribution in [-0.2, 0) is 52.5 Å². The summed E-state index contributed by atoms with van der Waals surface area (Å²) < 4.78 is 65.0. The fourth-order valence-corrected chi connectivity index (χ4v) is 9.62. The minimum absolute atomic E-state index is 0.0962. The molecular formula is C40H47ClFN5O6S. The number of hydrogen-bond acceptors (Lipinski definition) is 8. The molecule has 2 aliphatic rings. The van der Waals surface area contributed by atoms with Gasteiger partial charge in [0.15, 0.2) is 0 Å². The van der Waals surface area contributed by atoms with Crippen molar-refractivity contribution in [2.24, 2.45) is 7.05 Å². The van der Waals surface area contributed by atoms with E-state index >= 15 is 0 Å². The summed E-state index contributed by atoms with van der Waals surface area (Å²) in [6, 6.07) is 14.0. The van der Waals surface area contributed by atoms with Crippen LogP contribution in [0.2, 0.25) is 5.02 Å². The Morgan fingerprint density at radius 1 is 1.02 bits per heavy atom. The van der Waals surface area contributed by atoms with Crippen molar-refractivity contribution in [2.75, 3.05) is 58.4 Å². The van der Waals surface area contributed by atoms with Crippen molar-refractivity contribution in [1.82, 2.24) is 23.6 Å². The standard InChI is InChI=1S/C40H47ClFN5O6S/c1-4-34-37-33(43-44(34)3)26-46(18-17-45-19-22-51-23-20-45)54(49,50)24-8-16-47-38-31(14-15-32(41)36(37)38)30(39(47)40(48)52-5-2)10-7-21-53-35-11-6-9-27-25-28(42)12-13-29(27)35/h6,9,11-15,25H,4-5,7-8,10,16-24,26H2,1-3H3. The zero-order valence-corrected chi connectivity index (χ0v) is 32.6. The van der Waals surface area contributed by atoms with Crippen molar-refractivity contribution in [3.8, 4) is 16.9 Å². The third kappa shape index (κ3) is 7.61. The predicted molar refractivity (Wildman–Crippen MR) is 208 cm³/mol. The van der Waals surface area contributed by atoms with E-state index in [1.165, 1.54) is 12.1 Å². The third-order valence-corrected chi connectivity index (χ3v) is 12.7. The van der Waals surface area contributed by atoms with Crippen LogP contribution in [0.3, 0.4) is 0 Å². The second kappa shape index (κ2) is 16.4. The molecule has 0 aliphatic carbocycles. The molecule has 0 saturated carbocycles. The Bertz CT molecular complexity index is 2280. The molecular weight excluding hydrogens is 733 g/mol. The average molecular weight is 780 g/mol. The monoisotopic (exact) mass is 779 g/mol. The van der Waals surface area contributed by atoms with E-state index in [9.17, 15) is 17.6 Å². The van der Waals surface area contributed by atoms with E-state index in [4.69, 9.17) is 30.9 Å². The van der Waals surface area contributed by atoms with Gasteiger partial charge in [-0.15, -0.1) is 0 Å². The van der Waals surface area contributed by atoms with Gasteiger partial charge in [0.1, 0.15) is 17.3 Å². The van der Waals surface area contributed by atoms with E-state index < -0.39 is 16.0 Å². The third-order valence-electron chi connectivity index (χ3n) is 10.5. The summed E-state index contributed by atoms with van der Waals surface area (Å²) in [5.41, 5.74) is 5.01. The number of aromatic nitrogens is 3. The van der Waals surface area contributed by atoms with Gasteiger partial charge in [0.2, 0.25) is 10.0 Å². The van der Waals surface area contributed by atoms with E-state index in [0.29, 0.717) is 74.3 Å². The smallest absolute Gasteiger partial charge is 0.355 e. The average Bonchev–Trinajstić information content (AvgIpc) is 3.63. The SMILES string of the molecule is CCOC(=O)c1c(CCCOc2cccc3cc(F)ccc23)c2ccc(Cl)c3c2n1CCCS(=O)(=O)N(CCN1CCOCC1)Cc1nn(C)c(CC)c1-3. The highest BCUT2D eigenvalue weighted by molar-refractivity contribution is 7.89. The Kier molecular flexibility index (Phi) is 11.6. The fraction of sp³-hybridized carbons (Fsp3) is 0.450. The molecule has 11 nitrogen and oxygen atoms in total. The van der Waals surface area contributed by atoms with Gasteiger partial charge in [-0.2, -0.15) is 9.40 Å². The first-order valence-electron chi connectivity index (χ1n) is 18.8. The number of rotatable bonds is 11. The molecule has 0 spiro atoms. The first-order valence-corrected chi connectivity index (χ1v) is 20.7. The van der Waals surface area contributed by atoms with E-state index in [0.717, 1.165) is 57.1 Å². The first-order chi connectivity index (χ1) is 26.1. The molecule has 14 heteroatoms. The van der Waals surface area contributed by atoms with E-state index in [2.05, 4.69) is 4.90 Å². The summed E-state index contributed by atoms with van der Waals surface area (Å²) >= 11 is 7.19. The number of fused-ring (bicyclic) bond motifs is 3. The van der Waals surface area contributed by atoms with Crippen LogP contribution < -0.4 is 4.74 Å². The highest BCUT2D eigenvalue weighted by atomic mass is 35.5. The highest BCUT2D eigenvalue weighted by Crippen LogP contribution is 2.43. The minimum Gasteiger partial charge on any atom is -0.493 e. The molecule has 2 aromatic heterocycles. The van der Waals surface area contributed by atoms with Gasteiger partial charge in [-0.05, 0) is 73.9 Å². The zero-order valence-electron chi connectivity index (χ0n) is 31.1. The normalized spacial score (nSPS) is 16.7. The van der Waals surface area contributed by atoms with Crippen molar-refractivity contribution in [3.63, 3.8) is 0 Å². The van der Waals surface area contributed by atoms with E-state index in [1.54, 1.807) is 17.3 Å². The van der Waals surface area contributed by atoms with Crippen LogP contribution in [0.5, 0.6) is 5.75 Å². The van der Waals surface area contributed by atoms with Gasteiger partial charge >= 0.3 is 5.97 Å². The first kappa shape index (κ1) is 38.3. The Labute approximate surface area is 320 Å². The number of ether oxygens (including phenoxy) is 3. The maximum absolute atomic E-state index is 14.2. The summed E-state index contributed by atoms with van der Waals surface area (Å²) in [4.78, 5) is 16.2. The molecule has 288 valence electrons. The topological polar surface area (TPSA) is 108 Å². The van der Waals surface area contributed by atoms with E-state index in [-0.39, 0.29) is 37.7 Å². The van der Waals surface area contributed by atoms with Crippen molar-refractivity contribution in [3.05, 3.63) is 82.0 Å². The molecule has 0 unspecified atom stereocenters. The van der Waals surface area contributed by atoms with Crippen molar-refractivity contribution < 1.29 is 31.8 Å². The maximum Gasteiger partial charge on any atom is 0.355 e. The Hall–Kier alpha value is -4.01. The van der Waals surface area contributed by atoms with Crippen LogP contribution in [0.25, 0.3) is 32.8 Å². The number of aryl methyl sites for hydroxylation is 3. The van der Waals surface area contributed by atoms with Crippen LogP contribution in [0, 0.1) is 5.82 Å². The van der Waals surface area contributed by atoms with Gasteiger partial charge in [0.05, 0.1) is 55.0 Å². The zero-order chi connectivity index (χ0) is 38.0. The number of nitrogens with zero attached hydrogens (tertiary/aromatic N) is 5. The van der Waals surface area contributed by atoms with Gasteiger partial charge in [0, 0.05) is 67.4 Å². The molecule has 7 rings (SSSR count). The number of hydrogen-bond donors (Lipinski definition) is 0. The lowest BCUT2D eigenvalue weighted by Crippen LogP contribution is -2.43. The Balaban J connectivity index is 1.31. The van der Waals surface area contributed by atoms with Crippen LogP contribution in [0.4, 0.5) is 4.39 Å². The Morgan fingerprint density at radius 2 is 1.81 bits per heavy atom. The minimum atomic E-state index is -3.73. The number of halogens is 2. The Morgan fingerprint density at radius 3 is 2.59 bits per heavy atom. The summed E-state index contributed by atoms with van der Waals surface area (Å²) in [6.45, 7) is 8.36. The van der Waals surface area contributed by atoms with Crippen molar-refractivity contribution in [2.45, 2.75) is 52.6 Å². The summed E-state index contributed by atoms with van der Waals surface area (Å²) in [5, 5.41) is 7.83. The van der Waals surface area contributed by atoms with Gasteiger partial charge < -0.3 is 18.8 Å². The number of carbonyl (C=O) groups is 1. The molecule has 4 heterocycles. The lowest BCUT2D eigenvalue weighted by atomic mass is 9.97. The number of carbonyl (C=O) groups excluding carboxylic acids is 1. The van der Waals surface area contributed by atoms with Gasteiger partial charge in [-0.1, -0.05) is 36.7 Å². The quantitative estimate of drug-likeness (QED) is 0.109. The second-order valence-electron chi connectivity index (χ2n) is 13.8. The lowest BCUT2D eigenvalue weighted by molar-refractivity contribution is 0.0361. The molecule has 0 bridgehead atoms. The largest absolute Gasteiger partial charge is 0.493 e. The van der Waals surface area contributed by atoms with Crippen LogP contribution >= 0.6 is 11.6 Å². The van der Waals surface area contributed by atoms with Gasteiger partial charge in [-0.3, -0.25) is 9.58 Å². The molecule has 2 aliphatic heterocycles. The molecule has 3 aromatic carbocycles. The van der Waals surface area contributed by atoms with Crippen LogP contribution in [-0.4, -0.2) is 96.3 Å². The second-order valence-corrected chi connectivity index (χ2v) is 16.3. The molecule has 0 amide bonds. The fourth-order valence-electron chi connectivity index (χ4n) is 7.94. The molecule has 0 N–H and O–H groups in total. The van der Waals surface area contributed by atoms with E-state index in [1.807, 2.05) is 53.6 Å². The number of esters is 1. The van der Waals surface area contributed by atoms with Gasteiger partial charge in [0.25, 0.3) is 0 Å². The molecule has 0 radical (unpaired) electrons. The number of benzene rings is 3. The maximum atomic E-state index is 14.2. The molecule has 54 heavy (non-hydrogen) atoms. The summed E-state index contributed by atoms with van der Waals surface area (Å²) in [5.74, 6) is -0.235. The van der Waals surface area contributed by atoms with Crippen LogP contribution in [0.15, 0.2) is 48.5 Å². The molecule has 0 atom stereocenters. The van der Waals surface area contributed by atoms with Crippen LogP contribution in [0.1, 0.15) is 54.1 Å².